The number of hydrogen-bond acceptors (Lipinski definition) is 6. The van der Waals surface area contributed by atoms with Crippen LogP contribution < -0.4 is 9.46 Å². The van der Waals surface area contributed by atoms with Crippen LogP contribution in [0.5, 0.6) is 5.75 Å². The predicted octanol–water partition coefficient (Wildman–Crippen LogP) is 3.12. The number of nitrogens with one attached hydrogen (secondary N) is 1. The minimum Gasteiger partial charge on any atom is -0.490 e. The summed E-state index contributed by atoms with van der Waals surface area (Å²) in [7, 11) is -3.45. The fraction of sp³-hybridized carbons (Fsp3) is 0.214. The van der Waals surface area contributed by atoms with Gasteiger partial charge in [-0.1, -0.05) is 22.0 Å². The molecule has 2 aromatic rings. The van der Waals surface area contributed by atoms with Gasteiger partial charge in [-0.15, -0.1) is 11.3 Å². The van der Waals surface area contributed by atoms with Gasteiger partial charge in [0, 0.05) is 4.47 Å². The van der Waals surface area contributed by atoms with Crippen LogP contribution in [-0.2, 0) is 14.8 Å². The molecule has 1 N–H and O–H groups in total. The molecule has 1 aromatic heterocycles. The molecule has 23 heavy (non-hydrogen) atoms. The Kier molecular flexibility index (Phi) is 6.03. The van der Waals surface area contributed by atoms with Gasteiger partial charge in [0.1, 0.15) is 23.8 Å². The van der Waals surface area contributed by atoms with Gasteiger partial charge in [-0.25, -0.2) is 13.2 Å². The van der Waals surface area contributed by atoms with Gasteiger partial charge < -0.3 is 9.47 Å². The van der Waals surface area contributed by atoms with E-state index in [2.05, 4.69) is 20.7 Å². The van der Waals surface area contributed by atoms with E-state index in [4.69, 9.17) is 9.47 Å². The Hall–Kier alpha value is -1.58. The highest BCUT2D eigenvalue weighted by molar-refractivity contribution is 9.10. The van der Waals surface area contributed by atoms with E-state index in [1.165, 1.54) is 6.07 Å². The lowest BCUT2D eigenvalue weighted by atomic mass is 10.3. The third-order valence-electron chi connectivity index (χ3n) is 2.53. The highest BCUT2D eigenvalue weighted by Gasteiger charge is 2.17. The molecule has 0 unspecified atom stereocenters. The zero-order valence-electron chi connectivity index (χ0n) is 12.1. The number of halogens is 1. The zero-order chi connectivity index (χ0) is 16.9. The molecule has 0 radical (unpaired) electrons. The molecule has 0 saturated heterocycles. The van der Waals surface area contributed by atoms with E-state index in [1.54, 1.807) is 17.5 Å². The monoisotopic (exact) mass is 419 g/mol. The molecule has 0 saturated carbocycles. The third kappa shape index (κ3) is 5.85. The highest BCUT2D eigenvalue weighted by Crippen LogP contribution is 2.24. The third-order valence-corrected chi connectivity index (χ3v) is 4.51. The number of anilines is 1. The maximum Gasteiger partial charge on any atom is 0.350 e. The summed E-state index contributed by atoms with van der Waals surface area (Å²) in [5, 5.41) is 1.61. The van der Waals surface area contributed by atoms with Crippen molar-refractivity contribution in [3.63, 3.8) is 0 Å². The minimum atomic E-state index is -3.45. The first-order chi connectivity index (χ1) is 10.8. The lowest BCUT2D eigenvalue weighted by molar-refractivity contribution is 0.0457. The van der Waals surface area contributed by atoms with Crippen LogP contribution in [0.2, 0.25) is 0 Å². The van der Waals surface area contributed by atoms with Gasteiger partial charge in [0.05, 0.1) is 11.9 Å². The molecule has 0 spiro atoms. The van der Waals surface area contributed by atoms with Gasteiger partial charge in [-0.3, -0.25) is 4.72 Å². The summed E-state index contributed by atoms with van der Waals surface area (Å²) in [4.78, 5) is 12.2. The molecule has 0 amide bonds. The zero-order valence-corrected chi connectivity index (χ0v) is 15.3. The number of hydrogen-bond donors (Lipinski definition) is 1. The first-order valence-corrected chi connectivity index (χ1v) is 10.0. The number of esters is 1. The van der Waals surface area contributed by atoms with Crippen molar-refractivity contribution in [1.29, 1.82) is 0 Å². The second-order valence-corrected chi connectivity index (χ2v) is 8.06. The van der Waals surface area contributed by atoms with E-state index in [1.807, 2.05) is 12.1 Å². The van der Waals surface area contributed by atoms with Crippen LogP contribution >= 0.6 is 27.3 Å². The summed E-state index contributed by atoms with van der Waals surface area (Å²) >= 11 is 4.44. The van der Waals surface area contributed by atoms with Crippen LogP contribution in [0.25, 0.3) is 0 Å². The highest BCUT2D eigenvalue weighted by atomic mass is 79.9. The molecule has 0 atom stereocenters. The topological polar surface area (TPSA) is 81.7 Å². The predicted molar refractivity (Wildman–Crippen MR) is 92.7 cm³/mol. The first kappa shape index (κ1) is 17.8. The quantitative estimate of drug-likeness (QED) is 0.550. The van der Waals surface area contributed by atoms with Crippen molar-refractivity contribution >= 4 is 48.9 Å². The Morgan fingerprint density at radius 3 is 2.78 bits per heavy atom. The number of sulfonamides is 1. The van der Waals surface area contributed by atoms with Crippen LogP contribution in [0, 0.1) is 0 Å². The summed E-state index contributed by atoms with van der Waals surface area (Å²) in [6.45, 7) is 0.254. The Morgan fingerprint density at radius 2 is 2.09 bits per heavy atom. The van der Waals surface area contributed by atoms with Crippen molar-refractivity contribution in [3.05, 3.63) is 45.1 Å². The van der Waals surface area contributed by atoms with Crippen LogP contribution in [0.4, 0.5) is 5.69 Å². The molecule has 1 heterocycles. The van der Waals surface area contributed by atoms with Gasteiger partial charge in [-0.2, -0.15) is 0 Å². The first-order valence-electron chi connectivity index (χ1n) is 6.46. The fourth-order valence-electron chi connectivity index (χ4n) is 1.66. The van der Waals surface area contributed by atoms with E-state index in [9.17, 15) is 13.2 Å². The van der Waals surface area contributed by atoms with Crippen molar-refractivity contribution in [3.8, 4) is 5.75 Å². The van der Waals surface area contributed by atoms with Gasteiger partial charge >= 0.3 is 5.97 Å². The molecule has 6 nitrogen and oxygen atoms in total. The molecule has 1 aromatic carbocycles. The number of carbonyl (C=O) groups excluding carboxylic acids is 1. The summed E-state index contributed by atoms with van der Waals surface area (Å²) in [5.74, 6) is 0.0648. The molecule has 0 aliphatic heterocycles. The number of ether oxygens (including phenoxy) is 2. The lowest BCUT2D eigenvalue weighted by Gasteiger charge is -2.08. The Balaban J connectivity index is 1.85. The molecule has 0 aliphatic rings. The van der Waals surface area contributed by atoms with Gasteiger partial charge in [-0.05, 0) is 29.6 Å². The Bertz CT molecular complexity index is 788. The largest absolute Gasteiger partial charge is 0.490 e. The van der Waals surface area contributed by atoms with E-state index in [-0.39, 0.29) is 23.8 Å². The molecule has 124 valence electrons. The van der Waals surface area contributed by atoms with E-state index in [0.29, 0.717) is 5.75 Å². The lowest BCUT2D eigenvalue weighted by Crippen LogP contribution is -2.15. The number of benzene rings is 1. The number of carbonyl (C=O) groups is 1. The average Bonchev–Trinajstić information content (AvgIpc) is 2.89. The van der Waals surface area contributed by atoms with Gasteiger partial charge in [0.2, 0.25) is 10.0 Å². The average molecular weight is 420 g/mol. The molecular formula is C14H14BrNO5S2. The SMILES string of the molecule is CS(=O)(=O)Nc1ccsc1C(=O)OCCOc1cccc(Br)c1. The van der Waals surface area contributed by atoms with E-state index in [0.717, 1.165) is 22.1 Å². The summed E-state index contributed by atoms with van der Waals surface area (Å²) in [5.41, 5.74) is 0.218. The van der Waals surface area contributed by atoms with E-state index < -0.39 is 16.0 Å². The van der Waals surface area contributed by atoms with Gasteiger partial charge in [0.25, 0.3) is 0 Å². The number of thiophene rings is 1. The minimum absolute atomic E-state index is 0.0571. The van der Waals surface area contributed by atoms with Crippen LogP contribution in [0.15, 0.2) is 40.2 Å². The second-order valence-electron chi connectivity index (χ2n) is 4.48. The summed E-state index contributed by atoms with van der Waals surface area (Å²) < 4.78 is 36.2. The normalized spacial score (nSPS) is 11.0. The Morgan fingerprint density at radius 1 is 1.30 bits per heavy atom. The number of rotatable bonds is 7. The molecule has 9 heteroatoms. The van der Waals surface area contributed by atoms with Crippen molar-refractivity contribution in [2.45, 2.75) is 0 Å². The summed E-state index contributed by atoms with van der Waals surface area (Å²) in [6.07, 6.45) is 1.02. The van der Waals surface area contributed by atoms with Crippen LogP contribution in [0.3, 0.4) is 0 Å². The van der Waals surface area contributed by atoms with Crippen molar-refractivity contribution in [2.24, 2.45) is 0 Å². The molecule has 0 bridgehead atoms. The summed E-state index contributed by atoms with van der Waals surface area (Å²) in [6, 6.07) is 8.82. The van der Waals surface area contributed by atoms with Crippen molar-refractivity contribution in [1.82, 2.24) is 0 Å². The van der Waals surface area contributed by atoms with Crippen LogP contribution in [-0.4, -0.2) is 33.9 Å². The smallest absolute Gasteiger partial charge is 0.350 e. The van der Waals surface area contributed by atoms with Gasteiger partial charge in [0.15, 0.2) is 0 Å². The van der Waals surface area contributed by atoms with Crippen LogP contribution in [0.1, 0.15) is 9.67 Å². The van der Waals surface area contributed by atoms with E-state index >= 15 is 0 Å². The maximum absolute atomic E-state index is 12.0. The molecule has 2 rings (SSSR count). The molecule has 0 fully saturated rings. The van der Waals surface area contributed by atoms with Crippen molar-refractivity contribution < 1.29 is 22.7 Å². The second kappa shape index (κ2) is 7.80. The molecular weight excluding hydrogens is 406 g/mol. The molecule has 0 aliphatic carbocycles. The van der Waals surface area contributed by atoms with Crippen molar-refractivity contribution in [2.75, 3.05) is 24.2 Å². The maximum atomic E-state index is 12.0. The fourth-order valence-corrected chi connectivity index (χ4v) is 3.42. The Labute approximate surface area is 146 Å². The standard InChI is InChI=1S/C14H14BrNO5S2/c1-23(18,19)16-12-5-8-22-13(12)14(17)21-7-6-20-11-4-2-3-10(15)9-11/h2-5,8-9,16H,6-7H2,1H3.